The maximum Gasteiger partial charge on any atom is 0.326 e. The molecule has 1 aromatic carbocycles. The van der Waals surface area contributed by atoms with Gasteiger partial charge < -0.3 is 15.3 Å². The summed E-state index contributed by atoms with van der Waals surface area (Å²) >= 11 is 0. The van der Waals surface area contributed by atoms with E-state index in [1.54, 1.807) is 0 Å². The Hall–Kier alpha value is -2.11. The minimum Gasteiger partial charge on any atom is -0.480 e. The van der Waals surface area contributed by atoms with E-state index in [1.165, 1.54) is 29.2 Å². The van der Waals surface area contributed by atoms with Crippen LogP contribution in [0.2, 0.25) is 0 Å². The molecule has 0 aromatic heterocycles. The summed E-state index contributed by atoms with van der Waals surface area (Å²) in [6.45, 7) is 2.39. The number of amides is 2. The van der Waals surface area contributed by atoms with E-state index in [1.807, 2.05) is 6.92 Å². The predicted molar refractivity (Wildman–Crippen MR) is 71.9 cm³/mol. The topological polar surface area (TPSA) is 69.6 Å². The number of hydrogen-bond acceptors (Lipinski definition) is 2. The lowest BCUT2D eigenvalue weighted by molar-refractivity contribution is -0.143. The Kier molecular flexibility index (Phi) is 4.22. The molecule has 0 radical (unpaired) electrons. The molecule has 2 rings (SSSR count). The fraction of sp³-hybridized carbons (Fsp3) is 0.429. The SMILES string of the molecule is CC1CCN(C(=O)Nc2ccc(F)cc2)C(C(=O)O)C1. The van der Waals surface area contributed by atoms with E-state index in [0.29, 0.717) is 18.7 Å². The zero-order valence-electron chi connectivity index (χ0n) is 11.2. The van der Waals surface area contributed by atoms with Crippen molar-refractivity contribution in [2.75, 3.05) is 11.9 Å². The molecule has 0 saturated carbocycles. The quantitative estimate of drug-likeness (QED) is 0.874. The van der Waals surface area contributed by atoms with Crippen molar-refractivity contribution in [1.82, 2.24) is 4.90 Å². The molecular formula is C14H17FN2O3. The van der Waals surface area contributed by atoms with Gasteiger partial charge >= 0.3 is 12.0 Å². The zero-order valence-corrected chi connectivity index (χ0v) is 11.2. The second-order valence-electron chi connectivity index (χ2n) is 5.11. The third-order valence-electron chi connectivity index (χ3n) is 3.51. The molecule has 2 amide bonds. The van der Waals surface area contributed by atoms with Gasteiger partial charge in [0.25, 0.3) is 0 Å². The lowest BCUT2D eigenvalue weighted by Crippen LogP contribution is -2.51. The van der Waals surface area contributed by atoms with Gasteiger partial charge in [-0.15, -0.1) is 0 Å². The first-order valence-electron chi connectivity index (χ1n) is 6.53. The Labute approximate surface area is 116 Å². The van der Waals surface area contributed by atoms with Crippen molar-refractivity contribution in [2.45, 2.75) is 25.8 Å². The first-order valence-corrected chi connectivity index (χ1v) is 6.53. The number of piperidine rings is 1. The van der Waals surface area contributed by atoms with Gasteiger partial charge in [0.1, 0.15) is 11.9 Å². The van der Waals surface area contributed by atoms with Gasteiger partial charge in [0.2, 0.25) is 0 Å². The van der Waals surface area contributed by atoms with Gasteiger partial charge in [-0.2, -0.15) is 0 Å². The van der Waals surface area contributed by atoms with Crippen LogP contribution in [0.15, 0.2) is 24.3 Å². The summed E-state index contributed by atoms with van der Waals surface area (Å²) in [5.74, 6) is -1.10. The van der Waals surface area contributed by atoms with Crippen molar-refractivity contribution in [1.29, 1.82) is 0 Å². The fourth-order valence-electron chi connectivity index (χ4n) is 2.35. The molecular weight excluding hydrogens is 263 g/mol. The van der Waals surface area contributed by atoms with Crippen molar-refractivity contribution in [3.05, 3.63) is 30.1 Å². The summed E-state index contributed by atoms with van der Waals surface area (Å²) in [6, 6.07) is 4.09. The Morgan fingerprint density at radius 1 is 1.35 bits per heavy atom. The van der Waals surface area contributed by atoms with Crippen molar-refractivity contribution in [3.8, 4) is 0 Å². The predicted octanol–water partition coefficient (Wildman–Crippen LogP) is 2.54. The van der Waals surface area contributed by atoms with Crippen molar-refractivity contribution >= 4 is 17.7 Å². The molecule has 1 aromatic rings. The van der Waals surface area contributed by atoms with E-state index in [0.717, 1.165) is 6.42 Å². The minimum absolute atomic E-state index is 0.283. The van der Waals surface area contributed by atoms with Gasteiger partial charge in [-0.05, 0) is 43.0 Å². The number of carbonyl (C=O) groups is 2. The van der Waals surface area contributed by atoms with Crippen LogP contribution in [0.1, 0.15) is 19.8 Å². The largest absolute Gasteiger partial charge is 0.480 e. The number of nitrogens with zero attached hydrogens (tertiary/aromatic N) is 1. The molecule has 5 nitrogen and oxygen atoms in total. The van der Waals surface area contributed by atoms with Crippen molar-refractivity contribution in [2.24, 2.45) is 5.92 Å². The average molecular weight is 280 g/mol. The third kappa shape index (κ3) is 3.26. The first kappa shape index (κ1) is 14.3. The molecule has 2 unspecified atom stereocenters. The molecule has 1 fully saturated rings. The lowest BCUT2D eigenvalue weighted by atomic mass is 9.93. The number of rotatable bonds is 2. The molecule has 0 spiro atoms. The molecule has 1 saturated heterocycles. The summed E-state index contributed by atoms with van der Waals surface area (Å²) in [5.41, 5.74) is 0.444. The summed E-state index contributed by atoms with van der Waals surface area (Å²) in [7, 11) is 0. The third-order valence-corrected chi connectivity index (χ3v) is 3.51. The Balaban J connectivity index is 2.06. The summed E-state index contributed by atoms with van der Waals surface area (Å²) < 4.78 is 12.8. The smallest absolute Gasteiger partial charge is 0.326 e. The maximum absolute atomic E-state index is 12.8. The highest BCUT2D eigenvalue weighted by Gasteiger charge is 2.34. The lowest BCUT2D eigenvalue weighted by Gasteiger charge is -2.35. The Morgan fingerprint density at radius 3 is 2.60 bits per heavy atom. The number of halogens is 1. The number of carboxylic acid groups (broad SMARTS) is 1. The number of benzene rings is 1. The molecule has 2 N–H and O–H groups in total. The molecule has 20 heavy (non-hydrogen) atoms. The standard InChI is InChI=1S/C14H17FN2O3/c1-9-6-7-17(12(8-9)13(18)19)14(20)16-11-4-2-10(15)3-5-11/h2-5,9,12H,6-8H2,1H3,(H,16,20)(H,18,19). The van der Waals surface area contributed by atoms with E-state index in [2.05, 4.69) is 5.32 Å². The van der Waals surface area contributed by atoms with Crippen molar-refractivity contribution < 1.29 is 19.1 Å². The van der Waals surface area contributed by atoms with Crippen LogP contribution in [0.3, 0.4) is 0 Å². The summed E-state index contributed by atoms with van der Waals surface area (Å²) in [6.07, 6.45) is 1.23. The normalized spacial score (nSPS) is 22.4. The molecule has 2 atom stereocenters. The number of urea groups is 1. The van der Waals surface area contributed by atoms with E-state index in [9.17, 15) is 19.1 Å². The second-order valence-corrected chi connectivity index (χ2v) is 5.11. The van der Waals surface area contributed by atoms with Crippen LogP contribution in [-0.2, 0) is 4.79 Å². The molecule has 0 aliphatic carbocycles. The monoisotopic (exact) mass is 280 g/mol. The van der Waals surface area contributed by atoms with Crippen LogP contribution >= 0.6 is 0 Å². The number of likely N-dealkylation sites (tertiary alicyclic amines) is 1. The van der Waals surface area contributed by atoms with Gasteiger partial charge in [0, 0.05) is 12.2 Å². The van der Waals surface area contributed by atoms with Crippen LogP contribution in [-0.4, -0.2) is 34.6 Å². The van der Waals surface area contributed by atoms with E-state index in [-0.39, 0.29) is 5.92 Å². The number of hydrogen-bond donors (Lipinski definition) is 2. The maximum atomic E-state index is 12.8. The van der Waals surface area contributed by atoms with Crippen LogP contribution in [0, 0.1) is 11.7 Å². The van der Waals surface area contributed by atoms with Gasteiger partial charge in [-0.1, -0.05) is 6.92 Å². The van der Waals surface area contributed by atoms with Crippen molar-refractivity contribution in [3.63, 3.8) is 0 Å². The average Bonchev–Trinajstić information content (AvgIpc) is 2.41. The van der Waals surface area contributed by atoms with Gasteiger partial charge in [0.15, 0.2) is 0 Å². The van der Waals surface area contributed by atoms with E-state index >= 15 is 0 Å². The highest BCUT2D eigenvalue weighted by Crippen LogP contribution is 2.23. The summed E-state index contributed by atoms with van der Waals surface area (Å²) in [5, 5.41) is 11.8. The van der Waals surface area contributed by atoms with Gasteiger partial charge in [-0.25, -0.2) is 14.0 Å². The van der Waals surface area contributed by atoms with Gasteiger partial charge in [0.05, 0.1) is 0 Å². The van der Waals surface area contributed by atoms with E-state index < -0.39 is 23.9 Å². The molecule has 108 valence electrons. The second kappa shape index (κ2) is 5.90. The number of nitrogens with one attached hydrogen (secondary N) is 1. The van der Waals surface area contributed by atoms with Gasteiger partial charge in [-0.3, -0.25) is 0 Å². The number of anilines is 1. The Morgan fingerprint density at radius 2 is 2.00 bits per heavy atom. The Bertz CT molecular complexity index is 504. The van der Waals surface area contributed by atoms with E-state index in [4.69, 9.17) is 0 Å². The minimum atomic E-state index is -0.995. The molecule has 1 aliphatic rings. The van der Waals surface area contributed by atoms with Crippen LogP contribution in [0.25, 0.3) is 0 Å². The molecule has 0 bridgehead atoms. The highest BCUT2D eigenvalue weighted by molar-refractivity contribution is 5.92. The van der Waals surface area contributed by atoms with Crippen LogP contribution in [0.5, 0.6) is 0 Å². The molecule has 6 heteroatoms. The highest BCUT2D eigenvalue weighted by atomic mass is 19.1. The zero-order chi connectivity index (χ0) is 14.7. The summed E-state index contributed by atoms with van der Waals surface area (Å²) in [4.78, 5) is 24.7. The van der Waals surface area contributed by atoms with Crippen LogP contribution < -0.4 is 5.32 Å². The number of carboxylic acids is 1. The fourth-order valence-corrected chi connectivity index (χ4v) is 2.35. The molecule has 1 aliphatic heterocycles. The number of aliphatic carboxylic acids is 1. The first-order chi connectivity index (χ1) is 9.47. The molecule has 1 heterocycles. The number of carbonyl (C=O) groups excluding carboxylic acids is 1. The van der Waals surface area contributed by atoms with Crippen LogP contribution in [0.4, 0.5) is 14.9 Å².